The Morgan fingerprint density at radius 3 is 2.50 bits per heavy atom. The highest BCUT2D eigenvalue weighted by Crippen LogP contribution is 2.28. The number of nitro benzene ring substituents is 1. The Balaban J connectivity index is 1.75. The highest BCUT2D eigenvalue weighted by molar-refractivity contribution is 6.00. The molecule has 0 bridgehead atoms. The highest BCUT2D eigenvalue weighted by Gasteiger charge is 2.21. The number of non-ortho nitro benzene ring substituents is 1. The summed E-state index contributed by atoms with van der Waals surface area (Å²) in [5.74, 6) is -0.259. The molecule has 1 saturated heterocycles. The molecule has 1 aliphatic rings. The van der Waals surface area contributed by atoms with Crippen LogP contribution in [0.2, 0.25) is 0 Å². The molecule has 26 heavy (non-hydrogen) atoms. The molecule has 0 aromatic heterocycles. The van der Waals surface area contributed by atoms with Gasteiger partial charge < -0.3 is 10.2 Å². The number of anilines is 1. The van der Waals surface area contributed by atoms with Gasteiger partial charge in [-0.15, -0.1) is 0 Å². The fourth-order valence-electron chi connectivity index (χ4n) is 3.29. The summed E-state index contributed by atoms with van der Waals surface area (Å²) >= 11 is 0. The molecular formula is C20H23N3O3. The number of hydrogen-bond acceptors (Lipinski definition) is 4. The number of carbonyl (C=O) groups excluding carboxylic acids is 1. The number of rotatable bonds is 6. The second-order valence-electron chi connectivity index (χ2n) is 6.50. The van der Waals surface area contributed by atoms with Crippen molar-refractivity contribution < 1.29 is 9.72 Å². The van der Waals surface area contributed by atoms with E-state index in [0.717, 1.165) is 43.6 Å². The lowest BCUT2D eigenvalue weighted by Gasteiger charge is -2.30. The maximum atomic E-state index is 12.7. The molecule has 0 aliphatic carbocycles. The predicted octanol–water partition coefficient (Wildman–Crippen LogP) is 3.56. The molecule has 0 saturated carbocycles. The van der Waals surface area contributed by atoms with Gasteiger partial charge in [0, 0.05) is 31.8 Å². The number of piperidine rings is 1. The molecular weight excluding hydrogens is 330 g/mol. The second-order valence-corrected chi connectivity index (χ2v) is 6.50. The average molecular weight is 353 g/mol. The maximum absolute atomic E-state index is 12.7. The van der Waals surface area contributed by atoms with Crippen LogP contribution in [0.25, 0.3) is 0 Å². The Kier molecular flexibility index (Phi) is 5.84. The zero-order valence-electron chi connectivity index (χ0n) is 14.7. The van der Waals surface area contributed by atoms with Crippen LogP contribution in [0.15, 0.2) is 48.5 Å². The van der Waals surface area contributed by atoms with E-state index in [1.807, 2.05) is 30.3 Å². The van der Waals surface area contributed by atoms with E-state index in [2.05, 4.69) is 10.2 Å². The van der Waals surface area contributed by atoms with Gasteiger partial charge in [0.2, 0.25) is 0 Å². The molecule has 1 heterocycles. The minimum atomic E-state index is -0.458. The molecule has 6 nitrogen and oxygen atoms in total. The van der Waals surface area contributed by atoms with E-state index < -0.39 is 4.92 Å². The molecule has 2 aromatic carbocycles. The second kappa shape index (κ2) is 8.47. The van der Waals surface area contributed by atoms with Gasteiger partial charge in [-0.1, -0.05) is 30.3 Å². The molecule has 0 spiro atoms. The van der Waals surface area contributed by atoms with Crippen LogP contribution in [0.4, 0.5) is 11.4 Å². The molecule has 1 fully saturated rings. The Morgan fingerprint density at radius 2 is 1.81 bits per heavy atom. The fraction of sp³-hybridized carbons (Fsp3) is 0.350. The van der Waals surface area contributed by atoms with Crippen LogP contribution >= 0.6 is 0 Å². The standard InChI is InChI=1S/C20H23N3O3/c24-20(21-12-11-16-7-3-1-4-8-16)18-15-17(23(25)26)9-10-19(18)22-13-5-2-6-14-22/h1,3-4,7-10,15H,2,5-6,11-14H2,(H,21,24). The molecule has 0 atom stereocenters. The van der Waals surface area contributed by atoms with Crippen LogP contribution < -0.4 is 10.2 Å². The Hall–Kier alpha value is -2.89. The van der Waals surface area contributed by atoms with E-state index in [0.29, 0.717) is 12.1 Å². The quantitative estimate of drug-likeness (QED) is 0.636. The summed E-state index contributed by atoms with van der Waals surface area (Å²) in [5.41, 5.74) is 2.25. The van der Waals surface area contributed by atoms with Crippen LogP contribution in [0.5, 0.6) is 0 Å². The number of amides is 1. The predicted molar refractivity (Wildman–Crippen MR) is 102 cm³/mol. The number of carbonyl (C=O) groups is 1. The van der Waals surface area contributed by atoms with Crippen LogP contribution in [0.3, 0.4) is 0 Å². The third-order valence-corrected chi connectivity index (χ3v) is 4.67. The number of nitrogens with one attached hydrogen (secondary N) is 1. The normalized spacial score (nSPS) is 14.1. The first kappa shape index (κ1) is 17.9. The average Bonchev–Trinajstić information content (AvgIpc) is 2.69. The van der Waals surface area contributed by atoms with Crippen molar-refractivity contribution in [3.63, 3.8) is 0 Å². The van der Waals surface area contributed by atoms with E-state index in [1.54, 1.807) is 6.07 Å². The van der Waals surface area contributed by atoms with Gasteiger partial charge in [0.1, 0.15) is 0 Å². The van der Waals surface area contributed by atoms with Gasteiger partial charge in [0.15, 0.2) is 0 Å². The van der Waals surface area contributed by atoms with Crippen molar-refractivity contribution in [2.45, 2.75) is 25.7 Å². The van der Waals surface area contributed by atoms with E-state index >= 15 is 0 Å². The van der Waals surface area contributed by atoms with Crippen LogP contribution in [-0.4, -0.2) is 30.5 Å². The number of hydrogen-bond donors (Lipinski definition) is 1. The van der Waals surface area contributed by atoms with E-state index in [4.69, 9.17) is 0 Å². The fourth-order valence-corrected chi connectivity index (χ4v) is 3.29. The van der Waals surface area contributed by atoms with Gasteiger partial charge in [0.25, 0.3) is 11.6 Å². The topological polar surface area (TPSA) is 75.5 Å². The third kappa shape index (κ3) is 4.39. The summed E-state index contributed by atoms with van der Waals surface area (Å²) in [7, 11) is 0. The van der Waals surface area contributed by atoms with Crippen molar-refractivity contribution in [3.8, 4) is 0 Å². The molecule has 1 aliphatic heterocycles. The minimum Gasteiger partial charge on any atom is -0.371 e. The van der Waals surface area contributed by atoms with Crippen molar-refractivity contribution in [1.29, 1.82) is 0 Å². The Morgan fingerprint density at radius 1 is 1.08 bits per heavy atom. The number of benzene rings is 2. The first-order valence-electron chi connectivity index (χ1n) is 9.00. The molecule has 0 radical (unpaired) electrons. The molecule has 1 amide bonds. The summed E-state index contributed by atoms with van der Waals surface area (Å²) in [6.07, 6.45) is 4.06. The molecule has 136 valence electrons. The number of nitrogens with zero attached hydrogens (tertiary/aromatic N) is 2. The summed E-state index contributed by atoms with van der Waals surface area (Å²) < 4.78 is 0. The Bertz CT molecular complexity index is 771. The summed E-state index contributed by atoms with van der Waals surface area (Å²) in [4.78, 5) is 25.5. The van der Waals surface area contributed by atoms with Gasteiger partial charge in [-0.05, 0) is 37.3 Å². The van der Waals surface area contributed by atoms with Crippen LogP contribution in [0, 0.1) is 10.1 Å². The third-order valence-electron chi connectivity index (χ3n) is 4.67. The first-order valence-corrected chi connectivity index (χ1v) is 9.00. The molecule has 1 N–H and O–H groups in total. The van der Waals surface area contributed by atoms with Crippen LogP contribution in [-0.2, 0) is 6.42 Å². The lowest BCUT2D eigenvalue weighted by Crippen LogP contribution is -2.33. The lowest BCUT2D eigenvalue weighted by atomic mass is 10.1. The van der Waals surface area contributed by atoms with Crippen molar-refractivity contribution in [3.05, 3.63) is 69.8 Å². The van der Waals surface area contributed by atoms with E-state index in [1.165, 1.54) is 18.6 Å². The van der Waals surface area contributed by atoms with Crippen molar-refractivity contribution >= 4 is 17.3 Å². The summed E-state index contributed by atoms with van der Waals surface area (Å²) in [5, 5.41) is 14.0. The zero-order chi connectivity index (χ0) is 18.4. The van der Waals surface area contributed by atoms with E-state index in [9.17, 15) is 14.9 Å². The molecule has 2 aromatic rings. The van der Waals surface area contributed by atoms with Gasteiger partial charge >= 0.3 is 0 Å². The smallest absolute Gasteiger partial charge is 0.270 e. The first-order chi connectivity index (χ1) is 12.6. The van der Waals surface area contributed by atoms with Gasteiger partial charge in [-0.2, -0.15) is 0 Å². The van der Waals surface area contributed by atoms with Crippen LogP contribution in [0.1, 0.15) is 35.2 Å². The lowest BCUT2D eigenvalue weighted by molar-refractivity contribution is -0.384. The zero-order valence-corrected chi connectivity index (χ0v) is 14.7. The van der Waals surface area contributed by atoms with Gasteiger partial charge in [-0.25, -0.2) is 0 Å². The summed E-state index contributed by atoms with van der Waals surface area (Å²) in [6, 6.07) is 14.5. The maximum Gasteiger partial charge on any atom is 0.270 e. The summed E-state index contributed by atoms with van der Waals surface area (Å²) in [6.45, 7) is 2.25. The van der Waals surface area contributed by atoms with E-state index in [-0.39, 0.29) is 11.6 Å². The monoisotopic (exact) mass is 353 g/mol. The van der Waals surface area contributed by atoms with Crippen molar-refractivity contribution in [1.82, 2.24) is 5.32 Å². The largest absolute Gasteiger partial charge is 0.371 e. The Labute approximate surface area is 153 Å². The molecule has 3 rings (SSSR count). The van der Waals surface area contributed by atoms with Crippen molar-refractivity contribution in [2.75, 3.05) is 24.5 Å². The molecule has 6 heteroatoms. The van der Waals surface area contributed by atoms with Gasteiger partial charge in [0.05, 0.1) is 16.2 Å². The van der Waals surface area contributed by atoms with Gasteiger partial charge in [-0.3, -0.25) is 14.9 Å². The number of nitro groups is 1. The van der Waals surface area contributed by atoms with Crippen molar-refractivity contribution in [2.24, 2.45) is 0 Å². The SMILES string of the molecule is O=C(NCCc1ccccc1)c1cc([N+](=O)[O-])ccc1N1CCCCC1. The highest BCUT2D eigenvalue weighted by atomic mass is 16.6. The molecule has 0 unspecified atom stereocenters. The minimum absolute atomic E-state index is 0.0565.